The van der Waals surface area contributed by atoms with Gasteiger partial charge >= 0.3 is 0 Å². The van der Waals surface area contributed by atoms with E-state index < -0.39 is 0 Å². The minimum atomic E-state index is -0.346. The van der Waals surface area contributed by atoms with Crippen molar-refractivity contribution in [3.8, 4) is 17.7 Å². The summed E-state index contributed by atoms with van der Waals surface area (Å²) in [4.78, 5) is 21.1. The molecule has 0 saturated carbocycles. The quantitative estimate of drug-likeness (QED) is 0.566. The Kier molecular flexibility index (Phi) is 4.12. The highest BCUT2D eigenvalue weighted by atomic mass is 16.4. The lowest BCUT2D eigenvalue weighted by atomic mass is 10.0. The lowest BCUT2D eigenvalue weighted by Crippen LogP contribution is -2.16. The van der Waals surface area contributed by atoms with Gasteiger partial charge in [0.2, 0.25) is 5.89 Å². The van der Waals surface area contributed by atoms with Gasteiger partial charge in [-0.2, -0.15) is 10.4 Å². The number of aromatic amines is 1. The number of pyridine rings is 1. The van der Waals surface area contributed by atoms with Crippen LogP contribution in [0.5, 0.6) is 0 Å². The Labute approximate surface area is 160 Å². The standard InChI is InChI=1S/C20H16N6O2/c1-10-8-23-20(28-10)18-15-6-14(4-5-16(15)25-26-18)24-19(27)17-12(3)11(2)13(7-21)9-22-17/h4-6,8-9H,1-3H3,(H,24,27)(H,25,26). The molecule has 4 aromatic rings. The summed E-state index contributed by atoms with van der Waals surface area (Å²) in [5.41, 5.74) is 4.13. The lowest BCUT2D eigenvalue weighted by Gasteiger charge is -2.10. The molecule has 0 fully saturated rings. The number of nitrogens with one attached hydrogen (secondary N) is 2. The van der Waals surface area contributed by atoms with Gasteiger partial charge in [-0.25, -0.2) is 9.97 Å². The van der Waals surface area contributed by atoms with Crippen LogP contribution in [0.25, 0.3) is 22.5 Å². The van der Waals surface area contributed by atoms with Crippen molar-refractivity contribution >= 4 is 22.5 Å². The lowest BCUT2D eigenvalue weighted by molar-refractivity contribution is 0.102. The summed E-state index contributed by atoms with van der Waals surface area (Å²) in [7, 11) is 0. The number of fused-ring (bicyclic) bond motifs is 1. The number of amides is 1. The second-order valence-corrected chi connectivity index (χ2v) is 6.45. The molecule has 8 heteroatoms. The van der Waals surface area contributed by atoms with Crippen molar-refractivity contribution < 1.29 is 9.21 Å². The average Bonchev–Trinajstić information content (AvgIpc) is 3.29. The van der Waals surface area contributed by atoms with Crippen LogP contribution < -0.4 is 5.32 Å². The summed E-state index contributed by atoms with van der Waals surface area (Å²) in [6, 6.07) is 7.47. The third-order valence-electron chi connectivity index (χ3n) is 4.62. The van der Waals surface area contributed by atoms with Crippen molar-refractivity contribution in [3.63, 3.8) is 0 Å². The molecule has 0 radical (unpaired) electrons. The Balaban J connectivity index is 1.68. The highest BCUT2D eigenvalue weighted by molar-refractivity contribution is 6.05. The van der Waals surface area contributed by atoms with Crippen LogP contribution in [-0.4, -0.2) is 26.1 Å². The van der Waals surface area contributed by atoms with E-state index in [1.165, 1.54) is 6.20 Å². The number of carbonyl (C=O) groups is 1. The Morgan fingerprint density at radius 1 is 1.18 bits per heavy atom. The first-order chi connectivity index (χ1) is 13.5. The number of aromatic nitrogens is 4. The van der Waals surface area contributed by atoms with Gasteiger partial charge < -0.3 is 9.73 Å². The number of oxazole rings is 1. The largest absolute Gasteiger partial charge is 0.440 e. The Morgan fingerprint density at radius 3 is 2.71 bits per heavy atom. The van der Waals surface area contributed by atoms with Crippen molar-refractivity contribution in [1.82, 2.24) is 20.2 Å². The number of benzene rings is 1. The molecule has 0 aliphatic rings. The fourth-order valence-electron chi connectivity index (χ4n) is 2.95. The predicted octanol–water partition coefficient (Wildman–Crippen LogP) is 3.66. The monoisotopic (exact) mass is 372 g/mol. The first-order valence-electron chi connectivity index (χ1n) is 8.56. The molecule has 3 aromatic heterocycles. The number of anilines is 1. The SMILES string of the molecule is Cc1cnc(-c2n[nH]c3ccc(NC(=O)c4ncc(C#N)c(C)c4C)cc23)o1. The molecule has 0 aliphatic carbocycles. The molecular weight excluding hydrogens is 356 g/mol. The minimum Gasteiger partial charge on any atom is -0.440 e. The number of hydrogen-bond donors (Lipinski definition) is 2. The molecule has 0 atom stereocenters. The third kappa shape index (κ3) is 2.89. The van der Waals surface area contributed by atoms with Crippen LogP contribution in [0, 0.1) is 32.1 Å². The number of nitrogens with zero attached hydrogens (tertiary/aromatic N) is 4. The topological polar surface area (TPSA) is 120 Å². The van der Waals surface area contributed by atoms with Crippen LogP contribution in [0.15, 0.2) is 35.0 Å². The van der Waals surface area contributed by atoms with Gasteiger partial charge in [0.25, 0.3) is 5.91 Å². The second kappa shape index (κ2) is 6.63. The normalized spacial score (nSPS) is 10.8. The summed E-state index contributed by atoms with van der Waals surface area (Å²) in [5.74, 6) is 0.752. The van der Waals surface area contributed by atoms with E-state index in [1.807, 2.05) is 13.0 Å². The molecule has 0 spiro atoms. The van der Waals surface area contributed by atoms with Gasteiger partial charge in [-0.15, -0.1) is 0 Å². The van der Waals surface area contributed by atoms with E-state index in [4.69, 9.17) is 9.68 Å². The molecule has 28 heavy (non-hydrogen) atoms. The Morgan fingerprint density at radius 2 is 2.00 bits per heavy atom. The molecule has 0 bridgehead atoms. The van der Waals surface area contributed by atoms with Crippen molar-refractivity contribution in [3.05, 3.63) is 58.7 Å². The molecule has 138 valence electrons. The smallest absolute Gasteiger partial charge is 0.274 e. The van der Waals surface area contributed by atoms with Gasteiger partial charge in [-0.05, 0) is 50.1 Å². The maximum atomic E-state index is 12.7. The maximum absolute atomic E-state index is 12.7. The van der Waals surface area contributed by atoms with Crippen LogP contribution in [0.4, 0.5) is 5.69 Å². The molecule has 3 heterocycles. The molecule has 4 rings (SSSR count). The van der Waals surface area contributed by atoms with Gasteiger partial charge in [0, 0.05) is 17.3 Å². The molecule has 0 saturated heterocycles. The van der Waals surface area contributed by atoms with E-state index in [1.54, 1.807) is 32.2 Å². The first kappa shape index (κ1) is 17.4. The summed E-state index contributed by atoms with van der Waals surface area (Å²) in [6.45, 7) is 5.39. The molecule has 1 aromatic carbocycles. The summed E-state index contributed by atoms with van der Waals surface area (Å²) in [5, 5.41) is 19.9. The van der Waals surface area contributed by atoms with Crippen molar-refractivity contribution in [2.45, 2.75) is 20.8 Å². The average molecular weight is 372 g/mol. The fraction of sp³-hybridized carbons (Fsp3) is 0.150. The zero-order valence-electron chi connectivity index (χ0n) is 15.5. The summed E-state index contributed by atoms with van der Waals surface area (Å²) in [6.07, 6.45) is 3.04. The van der Waals surface area contributed by atoms with Gasteiger partial charge in [-0.1, -0.05) is 0 Å². The molecule has 2 N–H and O–H groups in total. The van der Waals surface area contributed by atoms with Gasteiger partial charge in [0.05, 0.1) is 17.3 Å². The van der Waals surface area contributed by atoms with E-state index in [9.17, 15) is 4.79 Å². The van der Waals surface area contributed by atoms with Gasteiger partial charge in [-0.3, -0.25) is 9.89 Å². The number of nitriles is 1. The number of carbonyl (C=O) groups excluding carboxylic acids is 1. The van der Waals surface area contributed by atoms with E-state index >= 15 is 0 Å². The number of rotatable bonds is 3. The molecule has 0 unspecified atom stereocenters. The highest BCUT2D eigenvalue weighted by Gasteiger charge is 2.17. The van der Waals surface area contributed by atoms with Crippen LogP contribution in [-0.2, 0) is 0 Å². The van der Waals surface area contributed by atoms with E-state index in [-0.39, 0.29) is 11.6 Å². The summed E-state index contributed by atoms with van der Waals surface area (Å²) < 4.78 is 5.56. The Hall–Kier alpha value is -3.99. The first-order valence-corrected chi connectivity index (χ1v) is 8.56. The molecular formula is C20H16N6O2. The molecule has 0 aliphatic heterocycles. The van der Waals surface area contributed by atoms with Crippen molar-refractivity contribution in [2.75, 3.05) is 5.32 Å². The van der Waals surface area contributed by atoms with Gasteiger partial charge in [0.15, 0.2) is 5.69 Å². The van der Waals surface area contributed by atoms with Crippen molar-refractivity contribution in [1.29, 1.82) is 5.26 Å². The van der Waals surface area contributed by atoms with Crippen molar-refractivity contribution in [2.24, 2.45) is 0 Å². The number of hydrogen-bond acceptors (Lipinski definition) is 6. The highest BCUT2D eigenvalue weighted by Crippen LogP contribution is 2.28. The van der Waals surface area contributed by atoms with Crippen LogP contribution in [0.1, 0.15) is 32.9 Å². The van der Waals surface area contributed by atoms with E-state index in [0.29, 0.717) is 34.2 Å². The Bertz CT molecular complexity index is 1260. The molecule has 1 amide bonds. The summed E-state index contributed by atoms with van der Waals surface area (Å²) >= 11 is 0. The molecule has 8 nitrogen and oxygen atoms in total. The minimum absolute atomic E-state index is 0.285. The van der Waals surface area contributed by atoms with Crippen LogP contribution in [0.2, 0.25) is 0 Å². The van der Waals surface area contributed by atoms with Crippen LogP contribution in [0.3, 0.4) is 0 Å². The van der Waals surface area contributed by atoms with E-state index in [0.717, 1.165) is 16.5 Å². The zero-order chi connectivity index (χ0) is 19.8. The van der Waals surface area contributed by atoms with E-state index in [2.05, 4.69) is 31.6 Å². The third-order valence-corrected chi connectivity index (χ3v) is 4.62. The number of H-pyrrole nitrogens is 1. The maximum Gasteiger partial charge on any atom is 0.274 e. The fourth-order valence-corrected chi connectivity index (χ4v) is 2.95. The number of aryl methyl sites for hydroxylation is 1. The zero-order valence-corrected chi connectivity index (χ0v) is 15.5. The van der Waals surface area contributed by atoms with Crippen LogP contribution >= 0.6 is 0 Å². The predicted molar refractivity (Wildman–Crippen MR) is 103 cm³/mol. The van der Waals surface area contributed by atoms with Gasteiger partial charge in [0.1, 0.15) is 17.5 Å². The second-order valence-electron chi connectivity index (χ2n) is 6.45.